The highest BCUT2D eigenvalue weighted by molar-refractivity contribution is 5.75. The van der Waals surface area contributed by atoms with Crippen molar-refractivity contribution in [3.05, 3.63) is 58.1 Å². The molecule has 0 aliphatic heterocycles. The number of nitro groups is 1. The Labute approximate surface area is 105 Å². The first kappa shape index (κ1) is 12.1. The highest BCUT2D eigenvalue weighted by Crippen LogP contribution is 2.33. The van der Waals surface area contributed by atoms with Gasteiger partial charge >= 0.3 is 0 Å². The molecule has 0 unspecified atom stereocenters. The largest absolute Gasteiger partial charge is 0.497 e. The third kappa shape index (κ3) is 2.32. The van der Waals surface area contributed by atoms with Crippen LogP contribution in [0.15, 0.2) is 42.5 Å². The van der Waals surface area contributed by atoms with Crippen LogP contribution >= 0.6 is 0 Å². The van der Waals surface area contributed by atoms with Crippen molar-refractivity contribution >= 4 is 5.69 Å². The van der Waals surface area contributed by atoms with Crippen LogP contribution in [0.5, 0.6) is 5.75 Å². The van der Waals surface area contributed by atoms with Crippen molar-refractivity contribution in [2.24, 2.45) is 0 Å². The summed E-state index contributed by atoms with van der Waals surface area (Å²) in [5.74, 6) is 0.484. The Balaban J connectivity index is 2.60. The van der Waals surface area contributed by atoms with Gasteiger partial charge in [0.15, 0.2) is 0 Å². The monoisotopic (exact) mass is 243 g/mol. The van der Waals surface area contributed by atoms with Gasteiger partial charge in [-0.15, -0.1) is 0 Å². The van der Waals surface area contributed by atoms with Gasteiger partial charge < -0.3 is 4.74 Å². The van der Waals surface area contributed by atoms with E-state index < -0.39 is 0 Å². The van der Waals surface area contributed by atoms with E-state index in [1.54, 1.807) is 12.1 Å². The fourth-order valence-corrected chi connectivity index (χ4v) is 1.85. The molecule has 0 spiro atoms. The van der Waals surface area contributed by atoms with E-state index in [0.29, 0.717) is 11.3 Å². The standard InChI is InChI=1S/C14H13NO3/c1-10-4-3-5-11(8-10)13-7-6-12(18-2)9-14(13)15(16)17/h3-9H,1-2H3. The fraction of sp³-hybridized carbons (Fsp3) is 0.143. The Morgan fingerprint density at radius 2 is 1.94 bits per heavy atom. The molecule has 0 saturated heterocycles. The first-order chi connectivity index (χ1) is 8.61. The molecule has 18 heavy (non-hydrogen) atoms. The van der Waals surface area contributed by atoms with Crippen molar-refractivity contribution < 1.29 is 9.66 Å². The average Bonchev–Trinajstić information content (AvgIpc) is 2.38. The molecule has 0 atom stereocenters. The second-order valence-corrected chi connectivity index (χ2v) is 4.01. The van der Waals surface area contributed by atoms with Gasteiger partial charge in [0.1, 0.15) is 5.75 Å². The molecule has 2 aromatic rings. The van der Waals surface area contributed by atoms with Crippen LogP contribution in [0, 0.1) is 17.0 Å². The summed E-state index contributed by atoms with van der Waals surface area (Å²) in [6, 6.07) is 12.5. The first-order valence-corrected chi connectivity index (χ1v) is 5.51. The quantitative estimate of drug-likeness (QED) is 0.611. The minimum Gasteiger partial charge on any atom is -0.497 e. The Hall–Kier alpha value is -2.36. The summed E-state index contributed by atoms with van der Waals surface area (Å²) >= 11 is 0. The molecule has 0 bridgehead atoms. The van der Waals surface area contributed by atoms with Crippen molar-refractivity contribution in [1.82, 2.24) is 0 Å². The second kappa shape index (κ2) is 4.87. The molecule has 0 aromatic heterocycles. The Bertz CT molecular complexity index is 593. The molecule has 2 rings (SSSR count). The lowest BCUT2D eigenvalue weighted by atomic mass is 10.0. The van der Waals surface area contributed by atoms with Gasteiger partial charge in [0.05, 0.1) is 23.7 Å². The minimum atomic E-state index is -0.389. The van der Waals surface area contributed by atoms with Crippen LogP contribution in [-0.2, 0) is 0 Å². The zero-order valence-corrected chi connectivity index (χ0v) is 10.2. The van der Waals surface area contributed by atoms with Gasteiger partial charge in [0.2, 0.25) is 0 Å². The molecule has 2 aromatic carbocycles. The van der Waals surface area contributed by atoms with E-state index in [1.165, 1.54) is 13.2 Å². The summed E-state index contributed by atoms with van der Waals surface area (Å²) in [4.78, 5) is 10.7. The zero-order valence-electron chi connectivity index (χ0n) is 10.2. The second-order valence-electron chi connectivity index (χ2n) is 4.01. The predicted octanol–water partition coefficient (Wildman–Crippen LogP) is 3.58. The molecule has 0 amide bonds. The zero-order chi connectivity index (χ0) is 13.1. The topological polar surface area (TPSA) is 52.4 Å². The maximum atomic E-state index is 11.1. The molecular formula is C14H13NO3. The first-order valence-electron chi connectivity index (χ1n) is 5.51. The molecule has 0 radical (unpaired) electrons. The molecule has 0 aliphatic carbocycles. The Morgan fingerprint density at radius 3 is 2.56 bits per heavy atom. The Kier molecular flexibility index (Phi) is 3.28. The van der Waals surface area contributed by atoms with Crippen molar-refractivity contribution in [3.63, 3.8) is 0 Å². The van der Waals surface area contributed by atoms with Gasteiger partial charge in [0, 0.05) is 0 Å². The predicted molar refractivity (Wildman–Crippen MR) is 69.8 cm³/mol. The van der Waals surface area contributed by atoms with E-state index >= 15 is 0 Å². The van der Waals surface area contributed by atoms with E-state index in [0.717, 1.165) is 11.1 Å². The van der Waals surface area contributed by atoms with Gasteiger partial charge in [-0.2, -0.15) is 0 Å². The normalized spacial score (nSPS) is 10.1. The van der Waals surface area contributed by atoms with E-state index in [-0.39, 0.29) is 10.6 Å². The van der Waals surface area contributed by atoms with Crippen LogP contribution in [0.1, 0.15) is 5.56 Å². The number of benzene rings is 2. The van der Waals surface area contributed by atoms with Crippen LogP contribution in [0.2, 0.25) is 0 Å². The average molecular weight is 243 g/mol. The van der Waals surface area contributed by atoms with Crippen LogP contribution < -0.4 is 4.74 Å². The summed E-state index contributed by atoms with van der Waals surface area (Å²) in [7, 11) is 1.49. The van der Waals surface area contributed by atoms with Gasteiger partial charge in [0.25, 0.3) is 5.69 Å². The van der Waals surface area contributed by atoms with Crippen molar-refractivity contribution in [2.45, 2.75) is 6.92 Å². The third-order valence-electron chi connectivity index (χ3n) is 2.73. The van der Waals surface area contributed by atoms with Crippen LogP contribution in [0.3, 0.4) is 0 Å². The minimum absolute atomic E-state index is 0.0555. The number of hydrogen-bond acceptors (Lipinski definition) is 3. The van der Waals surface area contributed by atoms with Crippen LogP contribution in [0.4, 0.5) is 5.69 Å². The van der Waals surface area contributed by atoms with Gasteiger partial charge in [-0.25, -0.2) is 0 Å². The lowest BCUT2D eigenvalue weighted by Crippen LogP contribution is -1.93. The number of aryl methyl sites for hydroxylation is 1. The number of methoxy groups -OCH3 is 1. The summed E-state index contributed by atoms with van der Waals surface area (Å²) < 4.78 is 5.02. The highest BCUT2D eigenvalue weighted by atomic mass is 16.6. The van der Waals surface area contributed by atoms with Gasteiger partial charge in [-0.05, 0) is 24.6 Å². The van der Waals surface area contributed by atoms with Crippen LogP contribution in [-0.4, -0.2) is 12.0 Å². The van der Waals surface area contributed by atoms with E-state index in [1.807, 2.05) is 31.2 Å². The molecule has 0 heterocycles. The van der Waals surface area contributed by atoms with Gasteiger partial charge in [-0.3, -0.25) is 10.1 Å². The van der Waals surface area contributed by atoms with E-state index in [2.05, 4.69) is 0 Å². The molecule has 92 valence electrons. The smallest absolute Gasteiger partial charge is 0.280 e. The summed E-state index contributed by atoms with van der Waals surface area (Å²) in [6.45, 7) is 1.96. The van der Waals surface area contributed by atoms with E-state index in [9.17, 15) is 10.1 Å². The lowest BCUT2D eigenvalue weighted by Gasteiger charge is -2.06. The van der Waals surface area contributed by atoms with E-state index in [4.69, 9.17) is 4.74 Å². The number of hydrogen-bond donors (Lipinski definition) is 0. The number of ether oxygens (including phenoxy) is 1. The number of nitro benzene ring substituents is 1. The van der Waals surface area contributed by atoms with Crippen molar-refractivity contribution in [2.75, 3.05) is 7.11 Å². The number of rotatable bonds is 3. The Morgan fingerprint density at radius 1 is 1.17 bits per heavy atom. The molecular weight excluding hydrogens is 230 g/mol. The summed E-state index contributed by atoms with van der Waals surface area (Å²) in [5, 5.41) is 11.1. The fourth-order valence-electron chi connectivity index (χ4n) is 1.85. The number of nitrogens with zero attached hydrogens (tertiary/aromatic N) is 1. The highest BCUT2D eigenvalue weighted by Gasteiger charge is 2.16. The molecule has 4 heteroatoms. The molecule has 0 N–H and O–H groups in total. The third-order valence-corrected chi connectivity index (χ3v) is 2.73. The molecule has 0 fully saturated rings. The van der Waals surface area contributed by atoms with Crippen molar-refractivity contribution in [3.8, 4) is 16.9 Å². The summed E-state index contributed by atoms with van der Waals surface area (Å²) in [6.07, 6.45) is 0. The SMILES string of the molecule is COc1ccc(-c2cccc(C)c2)c([N+](=O)[O-])c1. The van der Waals surface area contributed by atoms with Crippen molar-refractivity contribution in [1.29, 1.82) is 0 Å². The van der Waals surface area contributed by atoms with Gasteiger partial charge in [-0.1, -0.05) is 29.8 Å². The molecule has 0 saturated carbocycles. The lowest BCUT2D eigenvalue weighted by molar-refractivity contribution is -0.384. The summed E-state index contributed by atoms with van der Waals surface area (Å²) in [5.41, 5.74) is 2.56. The molecule has 4 nitrogen and oxygen atoms in total. The van der Waals surface area contributed by atoms with Crippen LogP contribution in [0.25, 0.3) is 11.1 Å². The molecule has 0 aliphatic rings. The maximum absolute atomic E-state index is 11.1. The maximum Gasteiger partial charge on any atom is 0.280 e.